The molecule has 13 heavy (non-hydrogen) atoms. The van der Waals surface area contributed by atoms with Crippen LogP contribution in [0.2, 0.25) is 0 Å². The Morgan fingerprint density at radius 3 is 2.46 bits per heavy atom. The van der Waals surface area contributed by atoms with E-state index in [1.165, 1.54) is 13.0 Å². The van der Waals surface area contributed by atoms with Gasteiger partial charge in [-0.1, -0.05) is 0 Å². The molecule has 3 heteroatoms. The summed E-state index contributed by atoms with van der Waals surface area (Å²) in [4.78, 5) is 11.0. The van der Waals surface area contributed by atoms with E-state index in [1.54, 1.807) is 7.11 Å². The van der Waals surface area contributed by atoms with Gasteiger partial charge in [0.05, 0.1) is 19.6 Å². The Hall–Kier alpha value is -0.570. The Kier molecular flexibility index (Phi) is 4.22. The normalized spacial score (nSPS) is 20.2. The summed E-state index contributed by atoms with van der Waals surface area (Å²) in [5.74, 6) is 1.19. The van der Waals surface area contributed by atoms with Crippen molar-refractivity contribution in [2.45, 2.75) is 38.2 Å². The van der Waals surface area contributed by atoms with Crippen molar-refractivity contribution in [2.24, 2.45) is 0 Å². The minimum absolute atomic E-state index is 0.120. The van der Waals surface area contributed by atoms with Crippen LogP contribution in [0.1, 0.15) is 32.1 Å². The van der Waals surface area contributed by atoms with Gasteiger partial charge in [0, 0.05) is 7.11 Å². The van der Waals surface area contributed by atoms with E-state index in [0.717, 1.165) is 25.7 Å². The van der Waals surface area contributed by atoms with E-state index in [1.807, 2.05) is 0 Å². The fourth-order valence-corrected chi connectivity index (χ4v) is 1.69. The Morgan fingerprint density at radius 2 is 2.00 bits per heavy atom. The Balaban J connectivity index is 2.21. The molecule has 0 amide bonds. The van der Waals surface area contributed by atoms with Gasteiger partial charge in [-0.2, -0.15) is 0 Å². The molecule has 0 spiro atoms. The van der Waals surface area contributed by atoms with E-state index >= 15 is 0 Å². The lowest BCUT2D eigenvalue weighted by molar-refractivity contribution is -0.140. The van der Waals surface area contributed by atoms with Gasteiger partial charge in [-0.05, 0) is 31.6 Å². The number of carbonyl (C=O) groups excluding carboxylic acids is 1. The molecule has 1 rings (SSSR count). The van der Waals surface area contributed by atoms with E-state index in [9.17, 15) is 4.79 Å². The van der Waals surface area contributed by atoms with Crippen LogP contribution in [0.15, 0.2) is 0 Å². The third-order valence-corrected chi connectivity index (χ3v) is 2.60. The van der Waals surface area contributed by atoms with Crippen LogP contribution in [0.4, 0.5) is 0 Å². The zero-order valence-corrected chi connectivity index (χ0v) is 8.34. The van der Waals surface area contributed by atoms with Gasteiger partial charge in [0.15, 0.2) is 0 Å². The third-order valence-electron chi connectivity index (χ3n) is 2.60. The number of carbonyl (C=O) groups is 1. The fraction of sp³-hybridized carbons (Fsp3) is 0.800. The summed E-state index contributed by atoms with van der Waals surface area (Å²) < 4.78 is 9.86. The van der Waals surface area contributed by atoms with Gasteiger partial charge in [0.2, 0.25) is 0 Å². The number of rotatable bonds is 3. The molecule has 1 fully saturated rings. The fourth-order valence-electron chi connectivity index (χ4n) is 1.69. The highest BCUT2D eigenvalue weighted by Crippen LogP contribution is 2.29. The first-order chi connectivity index (χ1) is 6.26. The predicted molar refractivity (Wildman–Crippen MR) is 49.1 cm³/mol. The number of esters is 1. The predicted octanol–water partition coefficient (Wildman–Crippen LogP) is 1.71. The maximum absolute atomic E-state index is 11.0. The molecule has 0 saturated heterocycles. The minimum Gasteiger partial charge on any atom is -0.469 e. The molecule has 0 aromatic heterocycles. The highest BCUT2D eigenvalue weighted by molar-refractivity contribution is 5.71. The van der Waals surface area contributed by atoms with Gasteiger partial charge >= 0.3 is 5.97 Å². The molecule has 1 aliphatic rings. The molecular formula is C10H17O3. The van der Waals surface area contributed by atoms with Gasteiger partial charge in [0.1, 0.15) is 0 Å². The van der Waals surface area contributed by atoms with Crippen molar-refractivity contribution in [1.82, 2.24) is 0 Å². The largest absolute Gasteiger partial charge is 0.469 e. The van der Waals surface area contributed by atoms with Crippen LogP contribution in [0, 0.1) is 5.92 Å². The molecule has 3 nitrogen and oxygen atoms in total. The van der Waals surface area contributed by atoms with Crippen LogP contribution < -0.4 is 0 Å². The Bertz CT molecular complexity index is 160. The molecule has 1 radical (unpaired) electrons. The molecular weight excluding hydrogens is 168 g/mol. The van der Waals surface area contributed by atoms with E-state index in [-0.39, 0.29) is 5.97 Å². The van der Waals surface area contributed by atoms with Crippen LogP contribution in [0.25, 0.3) is 0 Å². The number of hydrogen-bond donors (Lipinski definition) is 0. The summed E-state index contributed by atoms with van der Waals surface area (Å²) in [6.45, 7) is 0. The van der Waals surface area contributed by atoms with Crippen LogP contribution in [-0.4, -0.2) is 26.3 Å². The maximum Gasteiger partial charge on any atom is 0.306 e. The number of methoxy groups -OCH3 is 2. The van der Waals surface area contributed by atoms with E-state index < -0.39 is 0 Å². The van der Waals surface area contributed by atoms with Crippen LogP contribution in [0.3, 0.4) is 0 Å². The first kappa shape index (κ1) is 10.5. The average Bonchev–Trinajstić information content (AvgIpc) is 2.19. The van der Waals surface area contributed by atoms with Gasteiger partial charge in [-0.15, -0.1) is 0 Å². The maximum atomic E-state index is 11.0. The molecule has 0 N–H and O–H groups in total. The second-order valence-electron chi connectivity index (χ2n) is 3.44. The molecule has 0 heterocycles. The van der Waals surface area contributed by atoms with Gasteiger partial charge < -0.3 is 9.47 Å². The monoisotopic (exact) mass is 185 g/mol. The molecule has 75 valence electrons. The average molecular weight is 185 g/mol. The number of ether oxygens (including phenoxy) is 2. The second kappa shape index (κ2) is 5.22. The van der Waals surface area contributed by atoms with Crippen molar-refractivity contribution in [2.75, 3.05) is 14.2 Å². The van der Waals surface area contributed by atoms with E-state index in [4.69, 9.17) is 4.74 Å². The zero-order chi connectivity index (χ0) is 9.68. The SMILES string of the molecule is COC(=O)C[C]1CCC(OC)CC1. The van der Waals surface area contributed by atoms with Crippen LogP contribution in [0.5, 0.6) is 0 Å². The van der Waals surface area contributed by atoms with Gasteiger partial charge in [-0.3, -0.25) is 4.79 Å². The van der Waals surface area contributed by atoms with Gasteiger partial charge in [-0.25, -0.2) is 0 Å². The van der Waals surface area contributed by atoms with Crippen molar-refractivity contribution in [1.29, 1.82) is 0 Å². The van der Waals surface area contributed by atoms with Crippen molar-refractivity contribution < 1.29 is 14.3 Å². The molecule has 0 unspecified atom stereocenters. The Morgan fingerprint density at radius 1 is 1.38 bits per heavy atom. The topological polar surface area (TPSA) is 35.5 Å². The summed E-state index contributed by atoms with van der Waals surface area (Å²) in [7, 11) is 3.18. The summed E-state index contributed by atoms with van der Waals surface area (Å²) in [5.41, 5.74) is 0. The van der Waals surface area contributed by atoms with E-state index in [2.05, 4.69) is 4.74 Å². The van der Waals surface area contributed by atoms with Crippen LogP contribution in [-0.2, 0) is 14.3 Å². The zero-order valence-electron chi connectivity index (χ0n) is 8.34. The standard InChI is InChI=1S/C10H17O3/c1-12-9-5-3-8(4-6-9)7-10(11)13-2/h9H,3-7H2,1-2H3. The molecule has 0 aromatic rings. The quantitative estimate of drug-likeness (QED) is 0.628. The smallest absolute Gasteiger partial charge is 0.306 e. The van der Waals surface area contributed by atoms with Gasteiger partial charge in [0.25, 0.3) is 0 Å². The minimum atomic E-state index is -0.120. The summed E-state index contributed by atoms with van der Waals surface area (Å²) >= 11 is 0. The van der Waals surface area contributed by atoms with Crippen LogP contribution >= 0.6 is 0 Å². The molecule has 0 aromatic carbocycles. The molecule has 1 saturated carbocycles. The highest BCUT2D eigenvalue weighted by Gasteiger charge is 2.23. The second-order valence-corrected chi connectivity index (χ2v) is 3.44. The first-order valence-corrected chi connectivity index (χ1v) is 4.69. The Labute approximate surface area is 79.4 Å². The lowest BCUT2D eigenvalue weighted by Crippen LogP contribution is -2.21. The highest BCUT2D eigenvalue weighted by atomic mass is 16.5. The van der Waals surface area contributed by atoms with Crippen molar-refractivity contribution in [3.8, 4) is 0 Å². The van der Waals surface area contributed by atoms with Crippen molar-refractivity contribution in [3.63, 3.8) is 0 Å². The molecule has 0 atom stereocenters. The molecule has 1 aliphatic carbocycles. The summed E-state index contributed by atoms with van der Waals surface area (Å²) in [6.07, 6.45) is 4.99. The number of hydrogen-bond acceptors (Lipinski definition) is 3. The van der Waals surface area contributed by atoms with Crippen molar-refractivity contribution >= 4 is 5.97 Å². The lowest BCUT2D eigenvalue weighted by atomic mass is 9.85. The lowest BCUT2D eigenvalue weighted by Gasteiger charge is -2.26. The molecule has 0 bridgehead atoms. The van der Waals surface area contributed by atoms with Crippen molar-refractivity contribution in [3.05, 3.63) is 5.92 Å². The summed E-state index contributed by atoms with van der Waals surface area (Å²) in [5, 5.41) is 0. The first-order valence-electron chi connectivity index (χ1n) is 4.69. The van der Waals surface area contributed by atoms with E-state index in [0.29, 0.717) is 12.5 Å². The third kappa shape index (κ3) is 3.35. The molecule has 0 aliphatic heterocycles. The summed E-state index contributed by atoms with van der Waals surface area (Å²) in [6, 6.07) is 0.